The van der Waals surface area contributed by atoms with E-state index in [1.165, 1.54) is 11.3 Å². The average molecular weight is 375 g/mol. The van der Waals surface area contributed by atoms with Crippen molar-refractivity contribution < 1.29 is 4.79 Å². The van der Waals surface area contributed by atoms with Crippen LogP contribution in [0, 0.1) is 0 Å². The van der Waals surface area contributed by atoms with E-state index in [2.05, 4.69) is 20.3 Å². The molecule has 2 aromatic heterocycles. The van der Waals surface area contributed by atoms with E-state index in [0.717, 1.165) is 10.2 Å². The number of nitrogens with one attached hydrogen (secondary N) is 1. The number of halogens is 2. The van der Waals surface area contributed by atoms with E-state index in [-0.39, 0.29) is 5.91 Å². The topological polar surface area (TPSA) is 67.8 Å². The van der Waals surface area contributed by atoms with E-state index in [9.17, 15) is 4.79 Å². The zero-order valence-corrected chi connectivity index (χ0v) is 14.3. The second-order valence-electron chi connectivity index (χ2n) is 4.94. The van der Waals surface area contributed by atoms with Crippen molar-refractivity contribution >= 4 is 66.8 Å². The van der Waals surface area contributed by atoms with Crippen molar-refractivity contribution in [2.24, 2.45) is 0 Å². The highest BCUT2D eigenvalue weighted by Gasteiger charge is 2.14. The molecule has 0 bridgehead atoms. The zero-order valence-electron chi connectivity index (χ0n) is 12.0. The van der Waals surface area contributed by atoms with Gasteiger partial charge in [-0.1, -0.05) is 34.5 Å². The van der Waals surface area contributed by atoms with Gasteiger partial charge < -0.3 is 0 Å². The number of nitrogens with zero attached hydrogens (tertiary/aromatic N) is 3. The van der Waals surface area contributed by atoms with Crippen LogP contribution >= 0.6 is 34.5 Å². The van der Waals surface area contributed by atoms with Gasteiger partial charge in [-0.05, 0) is 30.3 Å². The Morgan fingerprint density at radius 2 is 1.75 bits per heavy atom. The highest BCUT2D eigenvalue weighted by molar-refractivity contribution is 7.23. The molecule has 0 atom stereocenters. The van der Waals surface area contributed by atoms with Crippen LogP contribution in [0.25, 0.3) is 21.3 Å². The standard InChI is InChI=1S/C16H8Cl2N4OS/c17-9-2-3-10(18)14-13(9)21-16(24-14)22-15(23)8-1-4-11-12(7-8)20-6-5-19-11/h1-7H,(H,21,22,23). The maximum atomic E-state index is 12.4. The Bertz CT molecular complexity index is 1060. The number of aromatic nitrogens is 3. The average Bonchev–Trinajstić information content (AvgIpc) is 3.03. The zero-order chi connectivity index (χ0) is 16.7. The Morgan fingerprint density at radius 1 is 1.00 bits per heavy atom. The summed E-state index contributed by atoms with van der Waals surface area (Å²) in [7, 11) is 0. The van der Waals surface area contributed by atoms with Gasteiger partial charge in [-0.3, -0.25) is 20.1 Å². The number of thiazole rings is 1. The van der Waals surface area contributed by atoms with Crippen LogP contribution in [0.15, 0.2) is 42.7 Å². The van der Waals surface area contributed by atoms with Crippen molar-refractivity contribution in [3.05, 3.63) is 58.3 Å². The molecule has 0 saturated carbocycles. The van der Waals surface area contributed by atoms with Crippen LogP contribution in [0.5, 0.6) is 0 Å². The quantitative estimate of drug-likeness (QED) is 0.547. The van der Waals surface area contributed by atoms with Crippen LogP contribution in [0.1, 0.15) is 10.4 Å². The van der Waals surface area contributed by atoms with Gasteiger partial charge >= 0.3 is 0 Å². The molecule has 0 aliphatic heterocycles. The monoisotopic (exact) mass is 374 g/mol. The summed E-state index contributed by atoms with van der Waals surface area (Å²) in [6.07, 6.45) is 3.19. The summed E-state index contributed by atoms with van der Waals surface area (Å²) >= 11 is 13.5. The predicted octanol–water partition coefficient (Wildman–Crippen LogP) is 4.80. The number of benzene rings is 2. The maximum absolute atomic E-state index is 12.4. The molecule has 24 heavy (non-hydrogen) atoms. The number of carbonyl (C=O) groups is 1. The molecule has 0 unspecified atom stereocenters. The highest BCUT2D eigenvalue weighted by atomic mass is 35.5. The predicted molar refractivity (Wildman–Crippen MR) is 97.1 cm³/mol. The lowest BCUT2D eigenvalue weighted by Gasteiger charge is -2.02. The van der Waals surface area contributed by atoms with Gasteiger partial charge in [-0.25, -0.2) is 4.98 Å². The molecule has 2 heterocycles. The third-order valence-electron chi connectivity index (χ3n) is 3.40. The minimum atomic E-state index is -0.283. The Morgan fingerprint density at radius 3 is 2.54 bits per heavy atom. The number of hydrogen-bond donors (Lipinski definition) is 1. The first-order valence-electron chi connectivity index (χ1n) is 6.88. The number of rotatable bonds is 2. The van der Waals surface area contributed by atoms with Crippen LogP contribution in [-0.4, -0.2) is 20.9 Å². The largest absolute Gasteiger partial charge is 0.298 e. The summed E-state index contributed by atoms with van der Waals surface area (Å²) < 4.78 is 0.740. The Hall–Kier alpha value is -2.28. The minimum Gasteiger partial charge on any atom is -0.298 e. The number of amides is 1. The lowest BCUT2D eigenvalue weighted by atomic mass is 10.2. The molecule has 1 N–H and O–H groups in total. The Kier molecular flexibility index (Phi) is 3.80. The van der Waals surface area contributed by atoms with Gasteiger partial charge in [0.1, 0.15) is 5.52 Å². The first kappa shape index (κ1) is 15.3. The molecule has 0 aliphatic carbocycles. The smallest absolute Gasteiger partial charge is 0.257 e. The summed E-state index contributed by atoms with van der Waals surface area (Å²) in [5.74, 6) is -0.283. The highest BCUT2D eigenvalue weighted by Crippen LogP contribution is 2.36. The molecule has 5 nitrogen and oxygen atoms in total. The van der Waals surface area contributed by atoms with Crippen molar-refractivity contribution in [1.29, 1.82) is 0 Å². The first-order chi connectivity index (χ1) is 11.6. The maximum Gasteiger partial charge on any atom is 0.257 e. The van der Waals surface area contributed by atoms with E-state index >= 15 is 0 Å². The molecule has 1 amide bonds. The minimum absolute atomic E-state index is 0.283. The summed E-state index contributed by atoms with van der Waals surface area (Å²) in [6.45, 7) is 0. The lowest BCUT2D eigenvalue weighted by molar-refractivity contribution is 0.102. The van der Waals surface area contributed by atoms with E-state index in [0.29, 0.717) is 31.8 Å². The molecule has 4 aromatic rings. The molecule has 118 valence electrons. The third-order valence-corrected chi connectivity index (χ3v) is 5.13. The summed E-state index contributed by atoms with van der Waals surface area (Å²) in [4.78, 5) is 25.2. The molecule has 8 heteroatoms. The Labute approximate surface area is 150 Å². The van der Waals surface area contributed by atoms with E-state index in [1.54, 1.807) is 42.7 Å². The van der Waals surface area contributed by atoms with Gasteiger partial charge in [0, 0.05) is 18.0 Å². The Balaban J connectivity index is 1.68. The molecule has 0 fully saturated rings. The second kappa shape index (κ2) is 5.98. The fourth-order valence-corrected chi connectivity index (χ4v) is 3.69. The van der Waals surface area contributed by atoms with Crippen molar-refractivity contribution in [1.82, 2.24) is 15.0 Å². The SMILES string of the molecule is O=C(Nc1nc2c(Cl)ccc(Cl)c2s1)c1ccc2nccnc2c1. The van der Waals surface area contributed by atoms with Gasteiger partial charge in [0.2, 0.25) is 0 Å². The fraction of sp³-hybridized carbons (Fsp3) is 0. The molecule has 2 aromatic carbocycles. The first-order valence-corrected chi connectivity index (χ1v) is 8.46. The van der Waals surface area contributed by atoms with Gasteiger partial charge in [-0.2, -0.15) is 0 Å². The third kappa shape index (κ3) is 2.69. The van der Waals surface area contributed by atoms with Crippen molar-refractivity contribution in [2.45, 2.75) is 0 Å². The molecule has 0 radical (unpaired) electrons. The number of carbonyl (C=O) groups excluding carboxylic acids is 1. The molecule has 0 spiro atoms. The number of anilines is 1. The molecule has 0 saturated heterocycles. The van der Waals surface area contributed by atoms with Gasteiger partial charge in [0.25, 0.3) is 5.91 Å². The second-order valence-corrected chi connectivity index (χ2v) is 6.75. The summed E-state index contributed by atoms with van der Waals surface area (Å²) in [5, 5.41) is 4.25. The van der Waals surface area contributed by atoms with E-state index in [1.807, 2.05) is 0 Å². The number of hydrogen-bond acceptors (Lipinski definition) is 5. The van der Waals surface area contributed by atoms with Crippen LogP contribution in [-0.2, 0) is 0 Å². The van der Waals surface area contributed by atoms with Gasteiger partial charge in [0.15, 0.2) is 5.13 Å². The van der Waals surface area contributed by atoms with Crippen molar-refractivity contribution in [3.8, 4) is 0 Å². The normalized spacial score (nSPS) is 11.1. The van der Waals surface area contributed by atoms with Crippen LogP contribution in [0.4, 0.5) is 5.13 Å². The fourth-order valence-electron chi connectivity index (χ4n) is 2.27. The van der Waals surface area contributed by atoms with Crippen LogP contribution in [0.3, 0.4) is 0 Å². The molecular formula is C16H8Cl2N4OS. The van der Waals surface area contributed by atoms with Gasteiger partial charge in [0.05, 0.1) is 25.8 Å². The number of fused-ring (bicyclic) bond motifs is 2. The molecular weight excluding hydrogens is 367 g/mol. The molecule has 0 aliphatic rings. The van der Waals surface area contributed by atoms with Crippen molar-refractivity contribution in [3.63, 3.8) is 0 Å². The summed E-state index contributed by atoms with van der Waals surface area (Å²) in [5.41, 5.74) is 2.43. The van der Waals surface area contributed by atoms with Crippen molar-refractivity contribution in [2.75, 3.05) is 5.32 Å². The van der Waals surface area contributed by atoms with E-state index in [4.69, 9.17) is 23.2 Å². The summed E-state index contributed by atoms with van der Waals surface area (Å²) in [6, 6.07) is 8.52. The lowest BCUT2D eigenvalue weighted by Crippen LogP contribution is -2.11. The van der Waals surface area contributed by atoms with E-state index < -0.39 is 0 Å². The van der Waals surface area contributed by atoms with Crippen LogP contribution < -0.4 is 5.32 Å². The van der Waals surface area contributed by atoms with Gasteiger partial charge in [-0.15, -0.1) is 0 Å². The van der Waals surface area contributed by atoms with Crippen LogP contribution in [0.2, 0.25) is 10.0 Å². The molecule has 4 rings (SSSR count).